The second-order valence-electron chi connectivity index (χ2n) is 30.8. The lowest BCUT2D eigenvalue weighted by atomic mass is 10.1. The van der Waals surface area contributed by atoms with Gasteiger partial charge < -0.3 is 38.7 Å². The van der Waals surface area contributed by atoms with Crippen molar-refractivity contribution in [2.45, 2.75) is 80.2 Å². The average molecular weight is 1910 g/mol. The van der Waals surface area contributed by atoms with Crippen molar-refractivity contribution in [3.8, 4) is 22.3 Å². The normalized spacial score (nSPS) is 13.6. The number of nitrogens with zero attached hydrogens (tertiary/aromatic N) is 11. The second-order valence-corrected chi connectivity index (χ2v) is 39.6. The van der Waals surface area contributed by atoms with Gasteiger partial charge in [0.25, 0.3) is 0 Å². The molecule has 0 radical (unpaired) electrons. The maximum absolute atomic E-state index is 13.3. The van der Waals surface area contributed by atoms with Crippen LogP contribution < -0.4 is 16.0 Å². The van der Waals surface area contributed by atoms with E-state index in [4.69, 9.17) is 9.05 Å². The van der Waals surface area contributed by atoms with Gasteiger partial charge in [0.15, 0.2) is 53.9 Å². The molecule has 7 aromatic heterocycles. The Hall–Kier alpha value is -13.1. The van der Waals surface area contributed by atoms with Crippen LogP contribution in [0.4, 0.5) is 11.5 Å². The smallest absolute Gasteiger partial charge is 0.241 e. The summed E-state index contributed by atoms with van der Waals surface area (Å²) in [7, 11) is -9.70. The van der Waals surface area contributed by atoms with Gasteiger partial charge in [-0.05, 0) is 133 Å². The number of aromatic nitrogens is 9. The zero-order valence-electron chi connectivity index (χ0n) is 69.5. The van der Waals surface area contributed by atoms with Gasteiger partial charge in [-0.1, -0.05) is 176 Å². The van der Waals surface area contributed by atoms with E-state index in [1.54, 1.807) is 116 Å². The van der Waals surface area contributed by atoms with E-state index in [0.717, 1.165) is 82.1 Å². The number of amides is 3. The Labute approximate surface area is 753 Å². The molecule has 18 rings (SSSR count). The van der Waals surface area contributed by atoms with Gasteiger partial charge in [0.2, 0.25) is 23.4 Å². The molecule has 646 valence electrons. The summed E-state index contributed by atoms with van der Waals surface area (Å²) in [5.74, 6) is -0.748. The van der Waals surface area contributed by atoms with Crippen molar-refractivity contribution in [2.75, 3.05) is 41.4 Å². The van der Waals surface area contributed by atoms with Crippen molar-refractivity contribution in [1.82, 2.24) is 54.6 Å². The van der Waals surface area contributed by atoms with E-state index in [2.05, 4.69) is 131 Å². The lowest BCUT2D eigenvalue weighted by Crippen LogP contribution is -2.33. The van der Waals surface area contributed by atoms with E-state index in [9.17, 15) is 44.4 Å². The van der Waals surface area contributed by atoms with Crippen molar-refractivity contribution < 1.29 is 58.1 Å². The van der Waals surface area contributed by atoms with Crippen LogP contribution in [0.1, 0.15) is 64.1 Å². The minimum absolute atomic E-state index is 0.0873. The Balaban J connectivity index is 0.000000131. The number of fused-ring (bicyclic) bond motifs is 4. The lowest BCUT2D eigenvalue weighted by molar-refractivity contribution is -0.450. The summed E-state index contributed by atoms with van der Waals surface area (Å²) in [5, 5.41) is 28.5. The third-order valence-electron chi connectivity index (χ3n) is 20.7. The van der Waals surface area contributed by atoms with Gasteiger partial charge >= 0.3 is 0 Å². The molecule has 27 nitrogen and oxygen atoms in total. The van der Waals surface area contributed by atoms with Crippen LogP contribution in [0, 0.1) is 13.8 Å². The summed E-state index contributed by atoms with van der Waals surface area (Å²) in [6.45, 7) is 10.6. The van der Waals surface area contributed by atoms with E-state index in [1.165, 1.54) is 16.8 Å². The number of benzene rings is 8. The quantitative estimate of drug-likeness (QED) is 0.0386. The summed E-state index contributed by atoms with van der Waals surface area (Å²) >= 11 is 8.60. The first-order chi connectivity index (χ1) is 61.1. The standard InChI is InChI=1S/C26H25N5O3S.C25H22N4O4S.C22H20BrN3O3S.C21H18BrN3O2S/c1-18-10-25(27-12-18)29-26(32)17-35(33,34)24-16-31(23-9-4-3-8-22(23)24)14-19-6-5-7-20(11-19)21-13-28-30(2)15-21;1-17-9-21(28-33-17)11-22(30)16-34(31,32)25-15-29(24-8-3-2-7-23(24)25)14-18-5-4-6-19(10-18)20-12-26-27-13-20;1-15-9-21(24-11-15)25-22(27)14-30(28,29)20-13-26(19-8-3-2-7-18(19)20)12-16-5-4-6-17(23)10-16;1-14-9-20(24-27-14)23-21(26)13-28-19-12-25(18-8-3-2-7-17(18)19)11-15-5-4-6-16(22)10-15/h3-11,13,15-16H,12,14,17H2,1-2H3,(H,27,29,32);2-10,12-13,15H,11,14,16H2,1H3,(H,26,27);2-10,13H,11-12,14H2,1H3,(H,24,25,27);2-10,12,19H,11,13H2,1H3/p+1. The fourth-order valence-corrected chi connectivity index (χ4v) is 21.1. The third-order valence-corrected chi connectivity index (χ3v) is 27.8. The molecule has 127 heavy (non-hydrogen) atoms. The first-order valence-electron chi connectivity index (χ1n) is 40.2. The summed E-state index contributed by atoms with van der Waals surface area (Å²) in [5.41, 5.74) is 15.6. The SMILES string of the molecule is CC1=CC(NC(=O)CS(=O)(=O)c2cn(Cc3cccc(-c4cnn(C)c4)c3)c3ccccc23)=NC1.CC1=CC(NC(=O)CS(=O)(=O)c2cn(Cc3cccc(Br)c3)c3ccccc23)=NC1.Cc1cc(CC(=O)CS(=O)(=O)c2cn(Cc3cccc(-c4cn[nH]c4)c3)c3ccccc23)no1.Cc1cc(NC(=O)CSC2C=[N+](Cc3cccc(Br)c3)c3ccccc32)no1. The number of sulfone groups is 3. The number of amidine groups is 2. The number of H-pyrrole nitrogens is 1. The number of aromatic amines is 1. The largest absolute Gasteiger partial charge is 0.361 e. The van der Waals surface area contributed by atoms with Gasteiger partial charge in [-0.15, -0.1) is 11.8 Å². The number of carbonyl (C=O) groups is 4. The Morgan fingerprint density at radius 2 is 0.984 bits per heavy atom. The number of ketones is 1. The molecule has 1 unspecified atom stereocenters. The molecule has 0 bridgehead atoms. The fraction of sp³-hybridized carbons (Fsp3) is 0.181. The molecule has 0 saturated heterocycles. The van der Waals surface area contributed by atoms with Crippen molar-refractivity contribution >= 4 is 159 Å². The summed E-state index contributed by atoms with van der Waals surface area (Å²) < 4.78 is 101. The van der Waals surface area contributed by atoms with E-state index >= 15 is 0 Å². The van der Waals surface area contributed by atoms with Crippen LogP contribution in [0.3, 0.4) is 0 Å². The Bertz CT molecular complexity index is 7240. The molecule has 15 aromatic rings. The van der Waals surface area contributed by atoms with Crippen molar-refractivity contribution in [1.29, 1.82) is 0 Å². The number of thioether (sulfide) groups is 1. The van der Waals surface area contributed by atoms with Gasteiger partial charge in [0, 0.05) is 140 Å². The van der Waals surface area contributed by atoms with Crippen molar-refractivity contribution in [2.24, 2.45) is 17.0 Å². The number of aliphatic imine (C=N–C) groups is 2. The van der Waals surface area contributed by atoms with Gasteiger partial charge in [0.1, 0.15) is 45.7 Å². The summed E-state index contributed by atoms with van der Waals surface area (Å²) in [4.78, 5) is 58.4. The fourth-order valence-electron chi connectivity index (χ4n) is 15.0. The number of carbonyl (C=O) groups excluding carboxylic acids is 4. The number of halogens is 2. The highest BCUT2D eigenvalue weighted by atomic mass is 79.9. The first kappa shape index (κ1) is 88.8. The van der Waals surface area contributed by atoms with Crippen LogP contribution in [0.15, 0.2) is 316 Å². The maximum atomic E-state index is 13.3. The molecule has 0 saturated carbocycles. The van der Waals surface area contributed by atoms with Crippen LogP contribution in [-0.2, 0) is 88.3 Å². The number of anilines is 1. The molecular formula is C94H86Br2N15O12S4+. The van der Waals surface area contributed by atoms with Crippen LogP contribution >= 0.6 is 43.6 Å². The molecule has 3 aliphatic heterocycles. The monoisotopic (exact) mass is 1900 g/mol. The third kappa shape index (κ3) is 22.4. The van der Waals surface area contributed by atoms with Crippen LogP contribution in [0.25, 0.3) is 55.0 Å². The van der Waals surface area contributed by atoms with Crippen LogP contribution in [-0.4, -0.2) is 151 Å². The maximum Gasteiger partial charge on any atom is 0.241 e. The average Bonchev–Trinajstić information content (AvgIpc) is 1.63. The highest BCUT2D eigenvalue weighted by Gasteiger charge is 2.33. The molecule has 33 heteroatoms. The number of nitrogens with one attached hydrogen (secondary N) is 4. The van der Waals surface area contributed by atoms with Gasteiger partial charge in [0.05, 0.1) is 58.0 Å². The van der Waals surface area contributed by atoms with E-state index in [0.29, 0.717) is 89.3 Å². The minimum atomic E-state index is -3.88. The molecule has 3 aliphatic rings. The van der Waals surface area contributed by atoms with Crippen molar-refractivity contribution in [3.05, 3.63) is 327 Å². The number of rotatable bonds is 25. The molecule has 0 aliphatic carbocycles. The number of aryl methyl sites for hydroxylation is 3. The van der Waals surface area contributed by atoms with E-state index in [1.807, 2.05) is 175 Å². The van der Waals surface area contributed by atoms with E-state index < -0.39 is 64.4 Å². The molecule has 0 spiro atoms. The molecule has 10 heterocycles. The predicted molar refractivity (Wildman–Crippen MR) is 500 cm³/mol. The number of para-hydroxylation sites is 4. The van der Waals surface area contributed by atoms with Gasteiger partial charge in [-0.2, -0.15) is 14.8 Å². The summed E-state index contributed by atoms with van der Waals surface area (Å²) in [6, 6.07) is 65.9. The highest BCUT2D eigenvalue weighted by molar-refractivity contribution is 9.10. The molecule has 1 atom stereocenters. The van der Waals surface area contributed by atoms with Crippen LogP contribution in [0.5, 0.6) is 0 Å². The molecule has 0 fully saturated rings. The number of Topliss-reactive ketones (excluding diaryl/α,β-unsaturated/α-hetero) is 1. The minimum Gasteiger partial charge on any atom is -0.361 e. The van der Waals surface area contributed by atoms with E-state index in [-0.39, 0.29) is 32.3 Å². The molecular weight excluding hydrogens is 1820 g/mol. The lowest BCUT2D eigenvalue weighted by Gasteiger charge is -2.07. The predicted octanol–water partition coefficient (Wildman–Crippen LogP) is 16.1. The molecule has 3 amide bonds. The number of hydrogen-bond acceptors (Lipinski definition) is 19. The Kier molecular flexibility index (Phi) is 27.4. The topological polar surface area (TPSA) is 348 Å². The number of hydrogen-bond donors (Lipinski definition) is 4. The van der Waals surface area contributed by atoms with Gasteiger partial charge in [-0.3, -0.25) is 38.9 Å². The Morgan fingerprint density at radius 1 is 0.504 bits per heavy atom. The first-order valence-corrected chi connectivity index (χ1v) is 47.8. The van der Waals surface area contributed by atoms with Crippen LogP contribution in [0.2, 0.25) is 0 Å². The molecule has 4 N–H and O–H groups in total. The van der Waals surface area contributed by atoms with Crippen molar-refractivity contribution in [3.63, 3.8) is 0 Å². The zero-order valence-corrected chi connectivity index (χ0v) is 75.9. The zero-order chi connectivity index (χ0) is 89.1. The summed E-state index contributed by atoms with van der Waals surface area (Å²) in [6.07, 6.45) is 17.8. The highest BCUT2D eigenvalue weighted by Crippen LogP contribution is 2.40. The second kappa shape index (κ2) is 39.2. The molecule has 8 aromatic carbocycles. The Morgan fingerprint density at radius 3 is 1.46 bits per heavy atom. The van der Waals surface area contributed by atoms with Gasteiger partial charge in [-0.25, -0.2) is 25.3 Å².